The Bertz CT molecular complexity index is 605. The molecule has 5 nitrogen and oxygen atoms in total. The molecule has 2 heterocycles. The van der Waals surface area contributed by atoms with Crippen molar-refractivity contribution in [3.63, 3.8) is 0 Å². The van der Waals surface area contributed by atoms with Crippen molar-refractivity contribution in [1.29, 1.82) is 0 Å². The first-order valence-corrected chi connectivity index (χ1v) is 8.04. The van der Waals surface area contributed by atoms with E-state index < -0.39 is 0 Å². The van der Waals surface area contributed by atoms with Gasteiger partial charge in [-0.2, -0.15) is 4.98 Å². The largest absolute Gasteiger partial charge is 0.338 e. The first-order valence-electron chi connectivity index (χ1n) is 7.24. The van der Waals surface area contributed by atoms with E-state index in [2.05, 4.69) is 49.3 Å². The second kappa shape index (κ2) is 6.68. The summed E-state index contributed by atoms with van der Waals surface area (Å²) < 4.78 is 6.45. The predicted octanol–water partition coefficient (Wildman–Crippen LogP) is 2.60. The van der Waals surface area contributed by atoms with Gasteiger partial charge in [0, 0.05) is 23.1 Å². The minimum atomic E-state index is 0.652. The van der Waals surface area contributed by atoms with Gasteiger partial charge in [-0.3, -0.25) is 4.90 Å². The average Bonchev–Trinajstić information content (AvgIpc) is 2.78. The maximum absolute atomic E-state index is 5.39. The van der Waals surface area contributed by atoms with Crippen LogP contribution in [0, 0.1) is 6.92 Å². The molecule has 0 saturated carbocycles. The van der Waals surface area contributed by atoms with Crippen molar-refractivity contribution < 1.29 is 4.52 Å². The summed E-state index contributed by atoms with van der Waals surface area (Å²) in [6.07, 6.45) is 1.16. The monoisotopic (exact) mass is 350 g/mol. The highest BCUT2D eigenvalue weighted by Crippen LogP contribution is 2.23. The van der Waals surface area contributed by atoms with Crippen LogP contribution in [0.25, 0.3) is 11.4 Å². The molecule has 0 radical (unpaired) electrons. The van der Waals surface area contributed by atoms with E-state index in [1.54, 1.807) is 0 Å². The maximum atomic E-state index is 5.39. The Morgan fingerprint density at radius 1 is 1.33 bits per heavy atom. The molecule has 0 unspecified atom stereocenters. The van der Waals surface area contributed by atoms with E-state index >= 15 is 0 Å². The van der Waals surface area contributed by atoms with Gasteiger partial charge < -0.3 is 9.84 Å². The number of aryl methyl sites for hydroxylation is 1. The van der Waals surface area contributed by atoms with E-state index in [0.29, 0.717) is 11.7 Å². The molecule has 0 amide bonds. The Kier molecular flexibility index (Phi) is 4.67. The lowest BCUT2D eigenvalue weighted by molar-refractivity contribution is 0.239. The quantitative estimate of drug-likeness (QED) is 0.921. The van der Waals surface area contributed by atoms with E-state index in [1.165, 1.54) is 5.56 Å². The van der Waals surface area contributed by atoms with Crippen LogP contribution in [0.15, 0.2) is 27.2 Å². The van der Waals surface area contributed by atoms with Gasteiger partial charge in [0.15, 0.2) is 0 Å². The van der Waals surface area contributed by atoms with Gasteiger partial charge in [-0.1, -0.05) is 33.2 Å². The second-order valence-electron chi connectivity index (χ2n) is 5.36. The molecule has 1 aliphatic heterocycles. The molecule has 1 saturated heterocycles. The number of halogens is 1. The van der Waals surface area contributed by atoms with Gasteiger partial charge in [0.1, 0.15) is 0 Å². The molecule has 3 rings (SSSR count). The van der Waals surface area contributed by atoms with Crippen molar-refractivity contribution in [3.8, 4) is 11.4 Å². The van der Waals surface area contributed by atoms with Gasteiger partial charge in [0.05, 0.1) is 6.54 Å². The molecule has 1 N–H and O–H groups in total. The number of nitrogens with one attached hydrogen (secondary N) is 1. The highest BCUT2D eigenvalue weighted by Gasteiger charge is 2.14. The molecule has 0 aliphatic carbocycles. The number of aromatic nitrogens is 2. The van der Waals surface area contributed by atoms with Crippen LogP contribution in [0.4, 0.5) is 0 Å². The Morgan fingerprint density at radius 3 is 3.10 bits per heavy atom. The third kappa shape index (κ3) is 3.70. The second-order valence-corrected chi connectivity index (χ2v) is 6.21. The third-order valence-corrected chi connectivity index (χ3v) is 4.54. The maximum Gasteiger partial charge on any atom is 0.241 e. The van der Waals surface area contributed by atoms with Crippen molar-refractivity contribution >= 4 is 15.9 Å². The van der Waals surface area contributed by atoms with E-state index in [0.717, 1.165) is 49.2 Å². The SMILES string of the molecule is Cc1ccc(-c2noc(CN3CCCNCC3)n2)cc1Br. The molecule has 1 fully saturated rings. The first kappa shape index (κ1) is 14.7. The van der Waals surface area contributed by atoms with E-state index in [9.17, 15) is 0 Å². The van der Waals surface area contributed by atoms with E-state index in [4.69, 9.17) is 4.52 Å². The van der Waals surface area contributed by atoms with Crippen molar-refractivity contribution in [2.75, 3.05) is 26.2 Å². The average molecular weight is 351 g/mol. The van der Waals surface area contributed by atoms with Crippen LogP contribution >= 0.6 is 15.9 Å². The summed E-state index contributed by atoms with van der Waals surface area (Å²) in [4.78, 5) is 6.86. The summed E-state index contributed by atoms with van der Waals surface area (Å²) in [6.45, 7) is 6.98. The summed E-state index contributed by atoms with van der Waals surface area (Å²) in [5, 5.41) is 7.49. The van der Waals surface area contributed by atoms with Crippen LogP contribution in [-0.2, 0) is 6.54 Å². The lowest BCUT2D eigenvalue weighted by Crippen LogP contribution is -2.27. The fraction of sp³-hybridized carbons (Fsp3) is 0.467. The molecular formula is C15H19BrN4O. The molecule has 0 bridgehead atoms. The van der Waals surface area contributed by atoms with E-state index in [-0.39, 0.29) is 0 Å². The van der Waals surface area contributed by atoms with Crippen LogP contribution in [0.2, 0.25) is 0 Å². The van der Waals surface area contributed by atoms with Gasteiger partial charge in [-0.05, 0) is 38.1 Å². The zero-order valence-electron chi connectivity index (χ0n) is 12.1. The van der Waals surface area contributed by atoms with Gasteiger partial charge in [-0.25, -0.2) is 0 Å². The summed E-state index contributed by atoms with van der Waals surface area (Å²) in [5.41, 5.74) is 2.17. The molecule has 0 atom stereocenters. The molecule has 6 heteroatoms. The minimum absolute atomic E-state index is 0.652. The lowest BCUT2D eigenvalue weighted by atomic mass is 10.1. The minimum Gasteiger partial charge on any atom is -0.338 e. The topological polar surface area (TPSA) is 54.2 Å². The van der Waals surface area contributed by atoms with E-state index in [1.807, 2.05) is 12.1 Å². The summed E-state index contributed by atoms with van der Waals surface area (Å²) >= 11 is 3.54. The lowest BCUT2D eigenvalue weighted by Gasteiger charge is -2.16. The van der Waals surface area contributed by atoms with Gasteiger partial charge in [0.25, 0.3) is 0 Å². The highest BCUT2D eigenvalue weighted by atomic mass is 79.9. The first-order chi connectivity index (χ1) is 10.2. The fourth-order valence-electron chi connectivity index (χ4n) is 2.42. The molecule has 2 aromatic rings. The smallest absolute Gasteiger partial charge is 0.241 e. The molecule has 1 aliphatic rings. The summed E-state index contributed by atoms with van der Waals surface area (Å²) in [6, 6.07) is 6.10. The number of nitrogens with zero attached hydrogens (tertiary/aromatic N) is 3. The summed E-state index contributed by atoms with van der Waals surface area (Å²) in [7, 11) is 0. The normalized spacial score (nSPS) is 16.9. The zero-order valence-corrected chi connectivity index (χ0v) is 13.7. The van der Waals surface area contributed by atoms with Crippen molar-refractivity contribution in [2.24, 2.45) is 0 Å². The zero-order chi connectivity index (χ0) is 14.7. The molecule has 112 valence electrons. The van der Waals surface area contributed by atoms with Gasteiger partial charge in [-0.15, -0.1) is 0 Å². The molecular weight excluding hydrogens is 332 g/mol. The Balaban J connectivity index is 1.71. The number of rotatable bonds is 3. The number of benzene rings is 1. The van der Waals surface area contributed by atoms with Crippen LogP contribution < -0.4 is 5.32 Å². The molecule has 1 aromatic heterocycles. The molecule has 0 spiro atoms. The standard InChI is InChI=1S/C15H19BrN4O/c1-11-3-4-12(9-13(11)16)15-18-14(21-19-15)10-20-7-2-5-17-6-8-20/h3-4,9,17H,2,5-8,10H2,1H3. The van der Waals surface area contributed by atoms with Gasteiger partial charge >= 0.3 is 0 Å². The Labute approximate surface area is 132 Å². The highest BCUT2D eigenvalue weighted by molar-refractivity contribution is 9.10. The van der Waals surface area contributed by atoms with Crippen molar-refractivity contribution in [1.82, 2.24) is 20.4 Å². The van der Waals surface area contributed by atoms with Crippen LogP contribution in [-0.4, -0.2) is 41.2 Å². The van der Waals surface area contributed by atoms with Crippen LogP contribution in [0.1, 0.15) is 17.9 Å². The molecule has 21 heavy (non-hydrogen) atoms. The number of hydrogen-bond acceptors (Lipinski definition) is 5. The van der Waals surface area contributed by atoms with Gasteiger partial charge in [0.2, 0.25) is 11.7 Å². The fourth-order valence-corrected chi connectivity index (χ4v) is 2.80. The van der Waals surface area contributed by atoms with Crippen molar-refractivity contribution in [3.05, 3.63) is 34.1 Å². The van der Waals surface area contributed by atoms with Crippen LogP contribution in [0.3, 0.4) is 0 Å². The van der Waals surface area contributed by atoms with Crippen molar-refractivity contribution in [2.45, 2.75) is 19.9 Å². The van der Waals surface area contributed by atoms with Crippen LogP contribution in [0.5, 0.6) is 0 Å². The summed E-state index contributed by atoms with van der Waals surface area (Å²) in [5.74, 6) is 1.34. The Hall–Kier alpha value is -1.24. The number of hydrogen-bond donors (Lipinski definition) is 1. The third-order valence-electron chi connectivity index (χ3n) is 3.69. The molecule has 1 aromatic carbocycles. The Morgan fingerprint density at radius 2 is 2.24 bits per heavy atom. The predicted molar refractivity (Wildman–Crippen MR) is 84.9 cm³/mol.